The second-order valence-electron chi connectivity index (χ2n) is 4.36. The van der Waals surface area contributed by atoms with E-state index in [-0.39, 0.29) is 12.0 Å². The van der Waals surface area contributed by atoms with Crippen molar-refractivity contribution in [2.24, 2.45) is 0 Å². The van der Waals surface area contributed by atoms with E-state index in [1.54, 1.807) is 6.08 Å². The zero-order valence-corrected chi connectivity index (χ0v) is 10.8. The average Bonchev–Trinajstić information content (AvgIpc) is 2.34. The molecule has 102 valence electrons. The fraction of sp³-hybridized carbons (Fsp3) is 0.286. The van der Waals surface area contributed by atoms with Gasteiger partial charge in [0.15, 0.2) is 0 Å². The van der Waals surface area contributed by atoms with E-state index in [9.17, 15) is 14.0 Å². The maximum absolute atomic E-state index is 13.4. The Morgan fingerprint density at radius 1 is 1.37 bits per heavy atom. The van der Waals surface area contributed by atoms with Gasteiger partial charge in [0.25, 0.3) is 5.91 Å². The van der Waals surface area contributed by atoms with Gasteiger partial charge in [0, 0.05) is 0 Å². The summed E-state index contributed by atoms with van der Waals surface area (Å²) in [5.41, 5.74) is 0.789. The van der Waals surface area contributed by atoms with Crippen LogP contribution in [0.3, 0.4) is 0 Å². The van der Waals surface area contributed by atoms with Crippen LogP contribution in [0.15, 0.2) is 35.9 Å². The van der Waals surface area contributed by atoms with Crippen LogP contribution in [0.5, 0.6) is 0 Å². The first-order chi connectivity index (χ1) is 8.91. The Kier molecular flexibility index (Phi) is 5.23. The molecule has 0 saturated heterocycles. The van der Waals surface area contributed by atoms with Gasteiger partial charge < -0.3 is 10.4 Å². The molecule has 0 radical (unpaired) electrons. The maximum Gasteiger partial charge on any atom is 0.326 e. The molecular weight excluding hydrogens is 249 g/mol. The Morgan fingerprint density at radius 3 is 2.53 bits per heavy atom. The number of nitrogens with one attached hydrogen (secondary N) is 1. The summed E-state index contributed by atoms with van der Waals surface area (Å²) in [7, 11) is 0. The highest BCUT2D eigenvalue weighted by Crippen LogP contribution is 2.07. The predicted octanol–water partition coefficient (Wildman–Crippen LogP) is 2.37. The molecule has 0 aliphatic rings. The van der Waals surface area contributed by atoms with E-state index in [4.69, 9.17) is 5.11 Å². The molecule has 0 saturated carbocycles. The Morgan fingerprint density at radius 2 is 2.00 bits per heavy atom. The van der Waals surface area contributed by atoms with Gasteiger partial charge in [-0.25, -0.2) is 9.18 Å². The molecule has 0 bridgehead atoms. The third kappa shape index (κ3) is 4.54. The van der Waals surface area contributed by atoms with Gasteiger partial charge in [-0.15, -0.1) is 0 Å². The van der Waals surface area contributed by atoms with E-state index < -0.39 is 23.7 Å². The molecule has 1 aromatic carbocycles. The summed E-state index contributed by atoms with van der Waals surface area (Å²) < 4.78 is 13.4. The van der Waals surface area contributed by atoms with Crippen LogP contribution in [-0.2, 0) is 4.79 Å². The lowest BCUT2D eigenvalue weighted by Crippen LogP contribution is -2.40. The number of hydrogen-bond donors (Lipinski definition) is 2. The average molecular weight is 265 g/mol. The molecule has 0 aliphatic heterocycles. The highest BCUT2D eigenvalue weighted by molar-refractivity contribution is 5.96. The smallest absolute Gasteiger partial charge is 0.326 e. The number of carbonyl (C=O) groups excluding carboxylic acids is 1. The number of carbonyl (C=O) groups is 2. The fourth-order valence-corrected chi connectivity index (χ4v) is 1.46. The molecule has 4 nitrogen and oxygen atoms in total. The summed E-state index contributed by atoms with van der Waals surface area (Å²) in [5.74, 6) is -2.55. The predicted molar refractivity (Wildman–Crippen MR) is 69.3 cm³/mol. The number of aliphatic carboxylic acids is 1. The van der Waals surface area contributed by atoms with Gasteiger partial charge in [-0.2, -0.15) is 0 Å². The Balaban J connectivity index is 2.80. The van der Waals surface area contributed by atoms with E-state index in [1.807, 2.05) is 13.8 Å². The van der Waals surface area contributed by atoms with Crippen molar-refractivity contribution >= 4 is 11.9 Å². The minimum absolute atomic E-state index is 0.161. The van der Waals surface area contributed by atoms with Gasteiger partial charge in [0.1, 0.15) is 11.9 Å². The summed E-state index contributed by atoms with van der Waals surface area (Å²) in [6, 6.07) is 4.38. The number of halogens is 1. The highest BCUT2D eigenvalue weighted by Gasteiger charge is 2.20. The first-order valence-corrected chi connectivity index (χ1v) is 5.83. The Hall–Kier alpha value is -2.17. The molecular formula is C14H16FNO3. The van der Waals surface area contributed by atoms with Gasteiger partial charge >= 0.3 is 5.97 Å². The van der Waals surface area contributed by atoms with Crippen molar-refractivity contribution in [2.45, 2.75) is 26.3 Å². The number of carboxylic acid groups (broad SMARTS) is 1. The van der Waals surface area contributed by atoms with Crippen molar-refractivity contribution in [3.63, 3.8) is 0 Å². The monoisotopic (exact) mass is 265 g/mol. The number of benzene rings is 1. The summed E-state index contributed by atoms with van der Waals surface area (Å²) in [6.45, 7) is 3.66. The molecule has 0 unspecified atom stereocenters. The second kappa shape index (κ2) is 6.68. The van der Waals surface area contributed by atoms with Gasteiger partial charge in [0.05, 0.1) is 5.56 Å². The molecule has 1 aromatic rings. The summed E-state index contributed by atoms with van der Waals surface area (Å²) in [6.07, 6.45) is 1.87. The zero-order chi connectivity index (χ0) is 14.4. The lowest BCUT2D eigenvalue weighted by atomic mass is 10.1. The Bertz CT molecular complexity index is 507. The van der Waals surface area contributed by atoms with Gasteiger partial charge in [0.2, 0.25) is 0 Å². The molecule has 2 N–H and O–H groups in total. The minimum Gasteiger partial charge on any atom is -0.480 e. The number of carboxylic acids is 1. The number of rotatable bonds is 5. The largest absolute Gasteiger partial charge is 0.480 e. The third-order valence-corrected chi connectivity index (χ3v) is 2.48. The van der Waals surface area contributed by atoms with Crippen molar-refractivity contribution in [1.29, 1.82) is 0 Å². The van der Waals surface area contributed by atoms with Gasteiger partial charge in [-0.3, -0.25) is 4.79 Å². The number of allylic oxidation sites excluding steroid dienone is 1. The van der Waals surface area contributed by atoms with Gasteiger partial charge in [-0.1, -0.05) is 23.8 Å². The molecule has 1 amide bonds. The normalized spacial score (nSPS) is 11.5. The lowest BCUT2D eigenvalue weighted by molar-refractivity contribution is -0.139. The van der Waals surface area contributed by atoms with Crippen molar-refractivity contribution in [1.82, 2.24) is 5.32 Å². The zero-order valence-electron chi connectivity index (χ0n) is 10.8. The fourth-order valence-electron chi connectivity index (χ4n) is 1.46. The second-order valence-corrected chi connectivity index (χ2v) is 4.36. The number of amides is 1. The molecule has 5 heteroatoms. The van der Waals surface area contributed by atoms with Crippen LogP contribution in [0, 0.1) is 5.82 Å². The van der Waals surface area contributed by atoms with Crippen LogP contribution in [0.2, 0.25) is 0 Å². The number of hydrogen-bond acceptors (Lipinski definition) is 2. The van der Waals surface area contributed by atoms with Crippen LogP contribution in [0.1, 0.15) is 30.6 Å². The quantitative estimate of drug-likeness (QED) is 0.803. The van der Waals surface area contributed by atoms with Crippen LogP contribution in [0.25, 0.3) is 0 Å². The van der Waals surface area contributed by atoms with Crippen LogP contribution < -0.4 is 5.32 Å². The standard InChI is InChI=1S/C14H16FNO3/c1-9(2)7-8-12(14(18)19)16-13(17)10-5-3-4-6-11(10)15/h3-7,12H,8H2,1-2H3,(H,16,17)(H,18,19)/t12-/m1/s1. The topological polar surface area (TPSA) is 66.4 Å². The van der Waals surface area contributed by atoms with Crippen molar-refractivity contribution in [2.75, 3.05) is 0 Å². The molecule has 0 heterocycles. The molecule has 0 aliphatic carbocycles. The van der Waals surface area contributed by atoms with Crippen LogP contribution in [-0.4, -0.2) is 23.0 Å². The SMILES string of the molecule is CC(C)=CC[C@@H](NC(=O)c1ccccc1F)C(=O)O. The summed E-state index contributed by atoms with van der Waals surface area (Å²) in [4.78, 5) is 22.8. The molecule has 0 aromatic heterocycles. The molecule has 1 rings (SSSR count). The van der Waals surface area contributed by atoms with E-state index in [1.165, 1.54) is 18.2 Å². The molecule has 19 heavy (non-hydrogen) atoms. The molecule has 0 fully saturated rings. The summed E-state index contributed by atoms with van der Waals surface area (Å²) in [5, 5.41) is 11.3. The highest BCUT2D eigenvalue weighted by atomic mass is 19.1. The van der Waals surface area contributed by atoms with Crippen molar-refractivity contribution in [3.8, 4) is 0 Å². The van der Waals surface area contributed by atoms with Crippen LogP contribution >= 0.6 is 0 Å². The van der Waals surface area contributed by atoms with E-state index in [0.717, 1.165) is 11.6 Å². The van der Waals surface area contributed by atoms with Crippen LogP contribution in [0.4, 0.5) is 4.39 Å². The maximum atomic E-state index is 13.4. The van der Waals surface area contributed by atoms with E-state index in [0.29, 0.717) is 0 Å². The van der Waals surface area contributed by atoms with Gasteiger partial charge in [-0.05, 0) is 32.4 Å². The van der Waals surface area contributed by atoms with E-state index >= 15 is 0 Å². The first kappa shape index (κ1) is 14.9. The summed E-state index contributed by atoms with van der Waals surface area (Å²) >= 11 is 0. The third-order valence-electron chi connectivity index (χ3n) is 2.48. The van der Waals surface area contributed by atoms with E-state index in [2.05, 4.69) is 5.32 Å². The molecule has 1 atom stereocenters. The minimum atomic E-state index is -1.15. The first-order valence-electron chi connectivity index (χ1n) is 5.83. The van der Waals surface area contributed by atoms with Crippen molar-refractivity contribution < 1.29 is 19.1 Å². The Labute approximate surface area is 110 Å². The molecule has 0 spiro atoms. The lowest BCUT2D eigenvalue weighted by Gasteiger charge is -2.13. The van der Waals surface area contributed by atoms with Crippen molar-refractivity contribution in [3.05, 3.63) is 47.3 Å².